The molecule has 0 saturated heterocycles. The number of nitrogens with zero attached hydrogens (tertiary/aromatic N) is 1. The normalized spacial score (nSPS) is 11.6. The van der Waals surface area contributed by atoms with Crippen LogP contribution in [0.3, 0.4) is 0 Å². The van der Waals surface area contributed by atoms with E-state index in [0.29, 0.717) is 19.6 Å². The van der Waals surface area contributed by atoms with Gasteiger partial charge in [0.15, 0.2) is 0 Å². The molecule has 2 aromatic rings. The number of ether oxygens (including phenoxy) is 1. The van der Waals surface area contributed by atoms with Gasteiger partial charge in [-0.1, -0.05) is 30.4 Å². The highest BCUT2D eigenvalue weighted by atomic mass is 32.1. The van der Waals surface area contributed by atoms with Gasteiger partial charge in [0, 0.05) is 19.0 Å². The number of aryl methyl sites for hydroxylation is 1. The topological polar surface area (TPSA) is 29.9 Å². The van der Waals surface area contributed by atoms with E-state index < -0.39 is 11.9 Å². The second-order valence-corrected chi connectivity index (χ2v) is 4.59. The Hall–Kier alpha value is -1.76. The molecule has 7 heteroatoms. The van der Waals surface area contributed by atoms with E-state index in [1.54, 1.807) is 0 Å². The maximum absolute atomic E-state index is 12.5. The summed E-state index contributed by atoms with van der Waals surface area (Å²) >= 11 is 4.88. The van der Waals surface area contributed by atoms with E-state index in [1.807, 2.05) is 30.3 Å². The first-order chi connectivity index (χ1) is 9.47. The quantitative estimate of drug-likeness (QED) is 0.667. The van der Waals surface area contributed by atoms with Crippen molar-refractivity contribution in [2.75, 3.05) is 6.61 Å². The Morgan fingerprint density at radius 2 is 1.90 bits per heavy atom. The van der Waals surface area contributed by atoms with Crippen LogP contribution in [-0.2, 0) is 12.7 Å². The Morgan fingerprint density at radius 3 is 2.50 bits per heavy atom. The third-order valence-corrected chi connectivity index (χ3v) is 2.97. The van der Waals surface area contributed by atoms with Gasteiger partial charge in [-0.25, -0.2) is 0 Å². The molecular weight excluding hydrogens is 289 g/mol. The van der Waals surface area contributed by atoms with Crippen molar-refractivity contribution >= 4 is 12.2 Å². The minimum atomic E-state index is -4.40. The largest absolute Gasteiger partial charge is 0.494 e. The third-order valence-electron chi connectivity index (χ3n) is 2.63. The zero-order chi connectivity index (χ0) is 14.6. The van der Waals surface area contributed by atoms with Gasteiger partial charge in [0.05, 0.1) is 6.61 Å². The summed E-state index contributed by atoms with van der Waals surface area (Å²) in [5.41, 5.74) is -0.827. The zero-order valence-corrected chi connectivity index (χ0v) is 11.3. The van der Waals surface area contributed by atoms with Crippen LogP contribution in [0.15, 0.2) is 36.4 Å². The number of rotatable bonds is 5. The Kier molecular flexibility index (Phi) is 4.49. The molecule has 3 nitrogen and oxygen atoms in total. The number of hydrogen-bond donors (Lipinski definition) is 1. The molecule has 0 bridgehead atoms. The van der Waals surface area contributed by atoms with Crippen LogP contribution in [0.5, 0.6) is 5.75 Å². The summed E-state index contributed by atoms with van der Waals surface area (Å²) in [6.45, 7) is 0.758. The SMILES string of the molecule is FC(F)(F)c1cc(=S)n(CCCOc2ccccc2)[nH]1. The van der Waals surface area contributed by atoms with Gasteiger partial charge in [0.25, 0.3) is 0 Å². The second-order valence-electron chi connectivity index (χ2n) is 4.17. The standard InChI is InChI=1S/C13H13F3N2OS/c14-13(15,16)11-9-12(20)18(17-11)7-4-8-19-10-5-2-1-3-6-10/h1-3,5-6,9,17H,4,7-8H2. The molecule has 1 N–H and O–H groups in total. The Morgan fingerprint density at radius 1 is 1.20 bits per heavy atom. The lowest BCUT2D eigenvalue weighted by Gasteiger charge is -2.07. The van der Waals surface area contributed by atoms with Gasteiger partial charge in [0.2, 0.25) is 0 Å². The molecule has 0 radical (unpaired) electrons. The van der Waals surface area contributed by atoms with Crippen LogP contribution in [0.25, 0.3) is 0 Å². The summed E-state index contributed by atoms with van der Waals surface area (Å²) in [4.78, 5) is 0. The molecule has 20 heavy (non-hydrogen) atoms. The molecule has 2 rings (SSSR count). The smallest absolute Gasteiger partial charge is 0.432 e. The monoisotopic (exact) mass is 302 g/mol. The van der Waals surface area contributed by atoms with E-state index in [9.17, 15) is 13.2 Å². The number of H-pyrrole nitrogens is 1. The summed E-state index contributed by atoms with van der Waals surface area (Å²) in [6, 6.07) is 10.2. The number of halogens is 3. The first-order valence-corrected chi connectivity index (χ1v) is 6.42. The maximum atomic E-state index is 12.5. The Bertz CT molecular complexity index is 604. The predicted octanol–water partition coefficient (Wildman–Crippen LogP) is 4.03. The van der Waals surface area contributed by atoms with E-state index in [1.165, 1.54) is 4.68 Å². The molecule has 0 unspecified atom stereocenters. The van der Waals surface area contributed by atoms with Gasteiger partial charge < -0.3 is 4.74 Å². The van der Waals surface area contributed by atoms with E-state index >= 15 is 0 Å². The molecule has 0 aliphatic carbocycles. The third kappa shape index (κ3) is 3.86. The summed E-state index contributed by atoms with van der Waals surface area (Å²) in [6.07, 6.45) is -3.85. The van der Waals surface area contributed by atoms with Crippen molar-refractivity contribution in [3.63, 3.8) is 0 Å². The zero-order valence-electron chi connectivity index (χ0n) is 10.5. The predicted molar refractivity (Wildman–Crippen MR) is 71.2 cm³/mol. The van der Waals surface area contributed by atoms with E-state index in [0.717, 1.165) is 11.8 Å². The van der Waals surface area contributed by atoms with Crippen LogP contribution in [-0.4, -0.2) is 16.4 Å². The lowest BCUT2D eigenvalue weighted by atomic mass is 10.3. The summed E-state index contributed by atoms with van der Waals surface area (Å²) in [7, 11) is 0. The maximum Gasteiger partial charge on any atom is 0.432 e. The van der Waals surface area contributed by atoms with Crippen molar-refractivity contribution in [3.8, 4) is 5.75 Å². The molecule has 1 heterocycles. The van der Waals surface area contributed by atoms with E-state index in [2.05, 4.69) is 5.10 Å². The van der Waals surface area contributed by atoms with Crippen LogP contribution in [0.2, 0.25) is 0 Å². The van der Waals surface area contributed by atoms with Crippen molar-refractivity contribution in [3.05, 3.63) is 46.7 Å². The van der Waals surface area contributed by atoms with Crippen LogP contribution >= 0.6 is 12.2 Å². The van der Waals surface area contributed by atoms with E-state index in [4.69, 9.17) is 17.0 Å². The molecule has 0 amide bonds. The summed E-state index contributed by atoms with van der Waals surface area (Å²) < 4.78 is 44.3. The molecule has 0 aliphatic rings. The fourth-order valence-electron chi connectivity index (χ4n) is 1.67. The molecule has 0 atom stereocenters. The highest BCUT2D eigenvalue weighted by molar-refractivity contribution is 7.71. The van der Waals surface area contributed by atoms with Crippen LogP contribution in [0.4, 0.5) is 13.2 Å². The van der Waals surface area contributed by atoms with Gasteiger partial charge in [-0.15, -0.1) is 0 Å². The Labute approximate surface area is 119 Å². The number of nitrogens with one attached hydrogen (secondary N) is 1. The summed E-state index contributed by atoms with van der Waals surface area (Å²) in [5.74, 6) is 0.735. The number of para-hydroxylation sites is 1. The van der Waals surface area contributed by atoms with Crippen LogP contribution < -0.4 is 4.74 Å². The first kappa shape index (κ1) is 14.6. The Balaban J connectivity index is 1.86. The van der Waals surface area contributed by atoms with Crippen molar-refractivity contribution < 1.29 is 17.9 Å². The number of alkyl halides is 3. The number of hydrogen-bond acceptors (Lipinski definition) is 2. The lowest BCUT2D eigenvalue weighted by molar-refractivity contribution is -0.141. The van der Waals surface area contributed by atoms with Gasteiger partial charge in [-0.2, -0.15) is 13.2 Å². The molecular formula is C13H13F3N2OS. The molecule has 0 spiro atoms. The molecule has 0 aliphatic heterocycles. The second kappa shape index (κ2) is 6.13. The molecule has 108 valence electrons. The van der Waals surface area contributed by atoms with Gasteiger partial charge in [-0.05, 0) is 12.1 Å². The van der Waals surface area contributed by atoms with Crippen LogP contribution in [0.1, 0.15) is 12.1 Å². The molecule has 1 aromatic heterocycles. The average Bonchev–Trinajstić information content (AvgIpc) is 2.77. The molecule has 0 saturated carbocycles. The molecule has 1 aromatic carbocycles. The fraction of sp³-hybridized carbons (Fsp3) is 0.308. The lowest BCUT2D eigenvalue weighted by Crippen LogP contribution is -2.09. The molecule has 0 fully saturated rings. The first-order valence-electron chi connectivity index (χ1n) is 6.02. The number of aromatic nitrogens is 2. The van der Waals surface area contributed by atoms with Gasteiger partial charge >= 0.3 is 6.18 Å². The van der Waals surface area contributed by atoms with Crippen molar-refractivity contribution in [2.45, 2.75) is 19.1 Å². The minimum Gasteiger partial charge on any atom is -0.494 e. The minimum absolute atomic E-state index is 0.136. The fourth-order valence-corrected chi connectivity index (χ4v) is 1.93. The summed E-state index contributed by atoms with van der Waals surface area (Å²) in [5, 5.41) is 2.25. The highest BCUT2D eigenvalue weighted by Gasteiger charge is 2.32. The highest BCUT2D eigenvalue weighted by Crippen LogP contribution is 2.27. The van der Waals surface area contributed by atoms with Gasteiger partial charge in [0.1, 0.15) is 16.1 Å². The van der Waals surface area contributed by atoms with Crippen LogP contribution in [0, 0.1) is 4.64 Å². The number of benzene rings is 1. The average molecular weight is 302 g/mol. The number of aromatic amines is 1. The van der Waals surface area contributed by atoms with Crippen molar-refractivity contribution in [1.29, 1.82) is 0 Å². The van der Waals surface area contributed by atoms with Crippen molar-refractivity contribution in [2.24, 2.45) is 0 Å². The van der Waals surface area contributed by atoms with E-state index in [-0.39, 0.29) is 4.64 Å². The van der Waals surface area contributed by atoms with Gasteiger partial charge in [-0.3, -0.25) is 9.78 Å². The van der Waals surface area contributed by atoms with Crippen molar-refractivity contribution in [1.82, 2.24) is 9.78 Å².